The summed E-state index contributed by atoms with van der Waals surface area (Å²) in [6.45, 7) is 7.52. The summed E-state index contributed by atoms with van der Waals surface area (Å²) in [7, 11) is 2.16. The Labute approximate surface area is 167 Å². The van der Waals surface area contributed by atoms with Crippen molar-refractivity contribution in [1.82, 2.24) is 14.8 Å². The maximum absolute atomic E-state index is 13.0. The largest absolute Gasteiger partial charge is 0.364 e. The Bertz CT molecular complexity index is 789. The van der Waals surface area contributed by atoms with Gasteiger partial charge in [-0.05, 0) is 30.8 Å². The van der Waals surface area contributed by atoms with Crippen molar-refractivity contribution < 1.29 is 4.79 Å². The first-order valence-electron chi connectivity index (χ1n) is 10.1. The summed E-state index contributed by atoms with van der Waals surface area (Å²) >= 11 is 0. The number of amides is 1. The Balaban J connectivity index is 1.42. The normalized spacial score (nSPS) is 18.2. The van der Waals surface area contributed by atoms with E-state index >= 15 is 0 Å². The predicted molar refractivity (Wildman–Crippen MR) is 113 cm³/mol. The smallest absolute Gasteiger partial charge is 0.228 e. The zero-order chi connectivity index (χ0) is 19.3. The summed E-state index contributed by atoms with van der Waals surface area (Å²) in [5.41, 5.74) is 3.35. The third-order valence-electron chi connectivity index (χ3n) is 5.74. The van der Waals surface area contributed by atoms with E-state index in [4.69, 9.17) is 0 Å². The van der Waals surface area contributed by atoms with Gasteiger partial charge in [0.25, 0.3) is 0 Å². The lowest BCUT2D eigenvalue weighted by Crippen LogP contribution is -2.47. The molecule has 6 nitrogen and oxygen atoms in total. The molecule has 28 heavy (non-hydrogen) atoms. The highest BCUT2D eigenvalue weighted by molar-refractivity contribution is 5.98. The lowest BCUT2D eigenvalue weighted by molar-refractivity contribution is -0.119. The topological polar surface area (TPSA) is 42.9 Å². The van der Waals surface area contributed by atoms with E-state index in [1.165, 1.54) is 5.56 Å². The highest BCUT2D eigenvalue weighted by atomic mass is 16.2. The zero-order valence-corrected chi connectivity index (χ0v) is 16.6. The maximum Gasteiger partial charge on any atom is 0.228 e. The summed E-state index contributed by atoms with van der Waals surface area (Å²) in [5, 5.41) is 0. The third-order valence-corrected chi connectivity index (χ3v) is 5.74. The number of pyridine rings is 1. The first-order valence-corrected chi connectivity index (χ1v) is 10.1. The molecule has 1 aromatic heterocycles. The Morgan fingerprint density at radius 1 is 0.964 bits per heavy atom. The highest BCUT2D eigenvalue weighted by Gasteiger charge is 2.27. The van der Waals surface area contributed by atoms with E-state index < -0.39 is 0 Å². The molecule has 2 aliphatic heterocycles. The molecule has 1 aromatic carbocycles. The summed E-state index contributed by atoms with van der Waals surface area (Å²) in [4.78, 5) is 26.3. The van der Waals surface area contributed by atoms with Crippen molar-refractivity contribution >= 4 is 17.3 Å². The molecule has 4 rings (SSSR count). The monoisotopic (exact) mass is 379 g/mol. The van der Waals surface area contributed by atoms with Crippen LogP contribution in [0.3, 0.4) is 0 Å². The number of nitrogens with zero attached hydrogens (tertiary/aromatic N) is 5. The zero-order valence-electron chi connectivity index (χ0n) is 16.6. The Hall–Kier alpha value is -2.44. The molecule has 2 aromatic rings. The van der Waals surface area contributed by atoms with Gasteiger partial charge < -0.3 is 19.6 Å². The van der Waals surface area contributed by atoms with E-state index in [0.29, 0.717) is 6.42 Å². The number of fused-ring (bicyclic) bond motifs is 1. The second kappa shape index (κ2) is 8.71. The van der Waals surface area contributed by atoms with Gasteiger partial charge >= 0.3 is 0 Å². The van der Waals surface area contributed by atoms with Crippen molar-refractivity contribution in [3.8, 4) is 0 Å². The summed E-state index contributed by atoms with van der Waals surface area (Å²) in [6.07, 6.45) is 4.30. The molecule has 0 atom stereocenters. The van der Waals surface area contributed by atoms with E-state index in [1.807, 2.05) is 29.3 Å². The van der Waals surface area contributed by atoms with Crippen LogP contribution in [0, 0.1) is 0 Å². The Morgan fingerprint density at radius 2 is 1.75 bits per heavy atom. The molecule has 0 N–H and O–H groups in total. The number of hydrogen-bond donors (Lipinski definition) is 0. The molecule has 1 fully saturated rings. The third kappa shape index (κ3) is 4.34. The molecule has 0 unspecified atom stereocenters. The molecule has 2 aliphatic rings. The number of anilines is 2. The predicted octanol–water partition coefficient (Wildman–Crippen LogP) is 2.07. The Kier molecular flexibility index (Phi) is 5.88. The minimum atomic E-state index is 0.229. The van der Waals surface area contributed by atoms with Crippen molar-refractivity contribution in [2.75, 3.05) is 62.7 Å². The average Bonchev–Trinajstić information content (AvgIpc) is 2.74. The van der Waals surface area contributed by atoms with Crippen LogP contribution in [0.25, 0.3) is 0 Å². The highest BCUT2D eigenvalue weighted by Crippen LogP contribution is 2.34. The quantitative estimate of drug-likeness (QED) is 0.796. The van der Waals surface area contributed by atoms with Crippen molar-refractivity contribution in [3.05, 3.63) is 54.4 Å². The first kappa shape index (κ1) is 18.9. The molecule has 0 radical (unpaired) electrons. The molecule has 0 bridgehead atoms. The van der Waals surface area contributed by atoms with Crippen LogP contribution in [0.1, 0.15) is 12.0 Å². The lowest BCUT2D eigenvalue weighted by atomic mass is 10.1. The van der Waals surface area contributed by atoms with Crippen LogP contribution in [0.4, 0.5) is 11.4 Å². The van der Waals surface area contributed by atoms with E-state index in [-0.39, 0.29) is 5.91 Å². The van der Waals surface area contributed by atoms with E-state index in [2.05, 4.69) is 44.9 Å². The van der Waals surface area contributed by atoms with Crippen LogP contribution in [0.15, 0.2) is 48.8 Å². The number of para-hydroxylation sites is 2. The van der Waals surface area contributed by atoms with Crippen LogP contribution in [0.2, 0.25) is 0 Å². The van der Waals surface area contributed by atoms with Gasteiger partial charge in [-0.2, -0.15) is 0 Å². The van der Waals surface area contributed by atoms with Gasteiger partial charge in [-0.3, -0.25) is 9.78 Å². The molecule has 0 spiro atoms. The second-order valence-electron chi connectivity index (χ2n) is 7.71. The van der Waals surface area contributed by atoms with Gasteiger partial charge in [0.1, 0.15) is 0 Å². The number of likely N-dealkylation sites (N-methyl/N-ethyl adjacent to an activating group) is 1. The van der Waals surface area contributed by atoms with Crippen LogP contribution in [0.5, 0.6) is 0 Å². The fourth-order valence-electron chi connectivity index (χ4n) is 4.02. The van der Waals surface area contributed by atoms with Gasteiger partial charge in [0.05, 0.1) is 11.4 Å². The van der Waals surface area contributed by atoms with Crippen LogP contribution >= 0.6 is 0 Å². The van der Waals surface area contributed by atoms with Gasteiger partial charge in [0, 0.05) is 71.2 Å². The molecule has 148 valence electrons. The second-order valence-corrected chi connectivity index (χ2v) is 7.71. The van der Waals surface area contributed by atoms with E-state index in [1.54, 1.807) is 6.20 Å². The molecule has 3 heterocycles. The van der Waals surface area contributed by atoms with Crippen LogP contribution in [-0.2, 0) is 11.3 Å². The number of carbonyl (C=O) groups excluding carboxylic acids is 1. The summed E-state index contributed by atoms with van der Waals surface area (Å²) < 4.78 is 0. The van der Waals surface area contributed by atoms with E-state index in [0.717, 1.165) is 63.7 Å². The maximum atomic E-state index is 13.0. The van der Waals surface area contributed by atoms with Gasteiger partial charge in [-0.1, -0.05) is 18.2 Å². The fourth-order valence-corrected chi connectivity index (χ4v) is 4.02. The number of aromatic nitrogens is 1. The fraction of sp³-hybridized carbons (Fsp3) is 0.455. The minimum absolute atomic E-state index is 0.229. The molecular formula is C22H29N5O. The SMILES string of the molecule is CN1CCN(CCC(=O)N2CCN(Cc3cccnc3)c3ccccc32)CC1. The van der Waals surface area contributed by atoms with Crippen molar-refractivity contribution in [2.45, 2.75) is 13.0 Å². The Morgan fingerprint density at radius 3 is 2.50 bits per heavy atom. The molecular weight excluding hydrogens is 350 g/mol. The number of carbonyl (C=O) groups is 1. The standard InChI is InChI=1S/C22H29N5O/c1-24-11-13-25(14-12-24)10-8-22(28)27-16-15-26(18-19-5-4-9-23-17-19)20-6-2-3-7-21(20)27/h2-7,9,17H,8,10-16,18H2,1H3. The lowest BCUT2D eigenvalue weighted by Gasteiger charge is -2.38. The molecule has 1 amide bonds. The number of piperazine rings is 1. The number of rotatable bonds is 5. The number of hydrogen-bond acceptors (Lipinski definition) is 5. The van der Waals surface area contributed by atoms with Gasteiger partial charge in [0.2, 0.25) is 5.91 Å². The summed E-state index contributed by atoms with van der Waals surface area (Å²) in [6, 6.07) is 12.3. The summed E-state index contributed by atoms with van der Waals surface area (Å²) in [5.74, 6) is 0.229. The number of benzene rings is 1. The van der Waals surface area contributed by atoms with Crippen LogP contribution < -0.4 is 9.80 Å². The van der Waals surface area contributed by atoms with Crippen molar-refractivity contribution in [3.63, 3.8) is 0 Å². The average molecular weight is 380 g/mol. The van der Waals surface area contributed by atoms with Gasteiger partial charge in [-0.15, -0.1) is 0 Å². The minimum Gasteiger partial charge on any atom is -0.364 e. The molecule has 0 saturated carbocycles. The first-order chi connectivity index (χ1) is 13.7. The van der Waals surface area contributed by atoms with Gasteiger partial charge in [-0.25, -0.2) is 0 Å². The van der Waals surface area contributed by atoms with E-state index in [9.17, 15) is 4.79 Å². The van der Waals surface area contributed by atoms with Crippen molar-refractivity contribution in [2.24, 2.45) is 0 Å². The molecule has 0 aliphatic carbocycles. The molecule has 1 saturated heterocycles. The molecule has 6 heteroatoms. The van der Waals surface area contributed by atoms with Crippen LogP contribution in [-0.4, -0.2) is 73.6 Å². The van der Waals surface area contributed by atoms with Crippen molar-refractivity contribution in [1.29, 1.82) is 0 Å². The van der Waals surface area contributed by atoms with Gasteiger partial charge in [0.15, 0.2) is 0 Å².